The average molecular weight is 378 g/mol. The van der Waals surface area contributed by atoms with Crippen LogP contribution in [0.2, 0.25) is 5.02 Å². The van der Waals surface area contributed by atoms with Gasteiger partial charge in [0.2, 0.25) is 0 Å². The summed E-state index contributed by atoms with van der Waals surface area (Å²) in [6, 6.07) is 12.0. The van der Waals surface area contributed by atoms with Crippen LogP contribution in [0.15, 0.2) is 36.4 Å². The van der Waals surface area contributed by atoms with Gasteiger partial charge < -0.3 is 19.9 Å². The van der Waals surface area contributed by atoms with E-state index in [1.807, 2.05) is 31.2 Å². The van der Waals surface area contributed by atoms with Gasteiger partial charge in [-0.15, -0.1) is 0 Å². The number of hydrogen-bond acceptors (Lipinski definition) is 4. The number of aryl methyl sites for hydroxylation is 1. The van der Waals surface area contributed by atoms with Crippen molar-refractivity contribution in [1.29, 1.82) is 0 Å². The topological polar surface area (TPSA) is 50.7 Å². The summed E-state index contributed by atoms with van der Waals surface area (Å²) in [5.41, 5.74) is 3.29. The zero-order chi connectivity index (χ0) is 18.8. The van der Waals surface area contributed by atoms with E-state index in [0.717, 1.165) is 30.5 Å². The number of ether oxygens (including phenoxy) is 2. The summed E-state index contributed by atoms with van der Waals surface area (Å²) >= 11 is 6.43. The molecule has 0 aromatic heterocycles. The van der Waals surface area contributed by atoms with Crippen molar-refractivity contribution in [2.75, 3.05) is 19.8 Å². The van der Waals surface area contributed by atoms with Gasteiger partial charge in [0.25, 0.3) is 0 Å². The fourth-order valence-corrected chi connectivity index (χ4v) is 2.86. The first-order valence-electron chi connectivity index (χ1n) is 9.09. The molecule has 26 heavy (non-hydrogen) atoms. The average Bonchev–Trinajstić information content (AvgIpc) is 2.62. The van der Waals surface area contributed by atoms with Gasteiger partial charge in [-0.3, -0.25) is 0 Å². The SMILES string of the molecule is CCOc1cc(CNCCCCO)c(Cl)cc1OCc1cccc(C)c1. The molecule has 0 saturated heterocycles. The first kappa shape index (κ1) is 20.6. The van der Waals surface area contributed by atoms with Gasteiger partial charge in [0.1, 0.15) is 6.61 Å². The Morgan fingerprint density at radius 1 is 1.08 bits per heavy atom. The minimum Gasteiger partial charge on any atom is -0.490 e. The number of rotatable bonds is 11. The first-order chi connectivity index (χ1) is 12.6. The van der Waals surface area contributed by atoms with Gasteiger partial charge in [0.15, 0.2) is 11.5 Å². The molecular formula is C21H28ClNO3. The van der Waals surface area contributed by atoms with Crippen LogP contribution in [0.25, 0.3) is 0 Å². The Morgan fingerprint density at radius 3 is 2.62 bits per heavy atom. The minimum absolute atomic E-state index is 0.226. The van der Waals surface area contributed by atoms with Crippen molar-refractivity contribution in [2.45, 2.75) is 39.8 Å². The van der Waals surface area contributed by atoms with E-state index in [1.54, 1.807) is 0 Å². The van der Waals surface area contributed by atoms with Crippen molar-refractivity contribution < 1.29 is 14.6 Å². The highest BCUT2D eigenvalue weighted by Crippen LogP contribution is 2.34. The molecule has 0 radical (unpaired) electrons. The number of hydrogen-bond donors (Lipinski definition) is 2. The lowest BCUT2D eigenvalue weighted by Crippen LogP contribution is -2.15. The molecule has 2 N–H and O–H groups in total. The number of halogens is 1. The maximum absolute atomic E-state index is 8.82. The molecule has 0 heterocycles. The Hall–Kier alpha value is -1.75. The second-order valence-corrected chi connectivity index (χ2v) is 6.62. The Labute approximate surface area is 161 Å². The van der Waals surface area contributed by atoms with E-state index in [9.17, 15) is 0 Å². The molecule has 5 heteroatoms. The van der Waals surface area contributed by atoms with Gasteiger partial charge in [0.05, 0.1) is 6.61 Å². The van der Waals surface area contributed by atoms with E-state index in [4.69, 9.17) is 26.2 Å². The number of nitrogens with one attached hydrogen (secondary N) is 1. The molecule has 0 saturated carbocycles. The fourth-order valence-electron chi connectivity index (χ4n) is 2.64. The highest BCUT2D eigenvalue weighted by atomic mass is 35.5. The lowest BCUT2D eigenvalue weighted by molar-refractivity contribution is 0.269. The summed E-state index contributed by atoms with van der Waals surface area (Å²) in [6.45, 7) is 6.77. The maximum atomic E-state index is 8.82. The second kappa shape index (κ2) is 11.1. The highest BCUT2D eigenvalue weighted by Gasteiger charge is 2.11. The third kappa shape index (κ3) is 6.52. The summed E-state index contributed by atoms with van der Waals surface area (Å²) in [4.78, 5) is 0. The predicted molar refractivity (Wildman–Crippen MR) is 106 cm³/mol. The molecule has 2 aromatic carbocycles. The summed E-state index contributed by atoms with van der Waals surface area (Å²) in [5, 5.41) is 12.8. The predicted octanol–water partition coefficient (Wildman–Crippen LogP) is 4.49. The summed E-state index contributed by atoms with van der Waals surface area (Å²) in [6.07, 6.45) is 1.74. The van der Waals surface area contributed by atoms with E-state index >= 15 is 0 Å². The van der Waals surface area contributed by atoms with Crippen LogP contribution in [0, 0.1) is 6.92 Å². The third-order valence-corrected chi connectivity index (χ3v) is 4.32. The zero-order valence-corrected chi connectivity index (χ0v) is 16.3. The molecule has 2 rings (SSSR count). The molecule has 0 unspecified atom stereocenters. The Morgan fingerprint density at radius 2 is 1.88 bits per heavy atom. The standard InChI is InChI=1S/C21H28ClNO3/c1-3-25-20-12-18(14-23-9-4-5-10-24)19(22)13-21(20)26-15-17-8-6-7-16(2)11-17/h6-8,11-13,23-24H,3-5,9-10,14-15H2,1-2H3. The molecule has 2 aromatic rings. The first-order valence-corrected chi connectivity index (χ1v) is 9.47. The van der Waals surface area contributed by atoms with Crippen molar-refractivity contribution in [3.8, 4) is 11.5 Å². The molecule has 0 aliphatic heterocycles. The van der Waals surface area contributed by atoms with Crippen molar-refractivity contribution in [3.05, 3.63) is 58.1 Å². The Kier molecular flexibility index (Phi) is 8.75. The number of benzene rings is 2. The van der Waals surface area contributed by atoms with Crippen LogP contribution in [0.3, 0.4) is 0 Å². The number of aliphatic hydroxyl groups excluding tert-OH is 1. The summed E-state index contributed by atoms with van der Waals surface area (Å²) < 4.78 is 11.7. The van der Waals surface area contributed by atoms with Crippen LogP contribution < -0.4 is 14.8 Å². The van der Waals surface area contributed by atoms with E-state index in [0.29, 0.717) is 36.3 Å². The third-order valence-electron chi connectivity index (χ3n) is 3.97. The Balaban J connectivity index is 2.04. The number of aliphatic hydroxyl groups is 1. The second-order valence-electron chi connectivity index (χ2n) is 6.21. The van der Waals surface area contributed by atoms with Crippen LogP contribution in [0.4, 0.5) is 0 Å². The maximum Gasteiger partial charge on any atom is 0.163 e. The molecule has 0 fully saturated rings. The molecule has 0 aliphatic rings. The van der Waals surface area contributed by atoms with Gasteiger partial charge in [0, 0.05) is 24.2 Å². The normalized spacial score (nSPS) is 10.8. The monoisotopic (exact) mass is 377 g/mol. The van der Waals surface area contributed by atoms with Crippen molar-refractivity contribution in [3.63, 3.8) is 0 Å². The van der Waals surface area contributed by atoms with Gasteiger partial charge >= 0.3 is 0 Å². The van der Waals surface area contributed by atoms with Gasteiger partial charge in [-0.2, -0.15) is 0 Å². The van der Waals surface area contributed by atoms with E-state index < -0.39 is 0 Å². The van der Waals surface area contributed by atoms with Crippen LogP contribution in [0.5, 0.6) is 11.5 Å². The van der Waals surface area contributed by atoms with Gasteiger partial charge in [-0.05, 0) is 50.4 Å². The van der Waals surface area contributed by atoms with E-state index in [-0.39, 0.29) is 6.61 Å². The fraction of sp³-hybridized carbons (Fsp3) is 0.429. The lowest BCUT2D eigenvalue weighted by Gasteiger charge is -2.15. The molecule has 0 spiro atoms. The molecule has 0 aliphatic carbocycles. The summed E-state index contributed by atoms with van der Waals surface area (Å²) in [7, 11) is 0. The largest absolute Gasteiger partial charge is 0.490 e. The molecule has 0 amide bonds. The van der Waals surface area contributed by atoms with E-state index in [2.05, 4.69) is 24.4 Å². The smallest absolute Gasteiger partial charge is 0.163 e. The van der Waals surface area contributed by atoms with Gasteiger partial charge in [-0.1, -0.05) is 41.4 Å². The highest BCUT2D eigenvalue weighted by molar-refractivity contribution is 6.31. The van der Waals surface area contributed by atoms with Crippen LogP contribution >= 0.6 is 11.6 Å². The summed E-state index contributed by atoms with van der Waals surface area (Å²) in [5.74, 6) is 1.36. The molecule has 0 atom stereocenters. The van der Waals surface area contributed by atoms with Crippen LogP contribution in [-0.4, -0.2) is 24.9 Å². The van der Waals surface area contributed by atoms with Crippen LogP contribution in [0.1, 0.15) is 36.5 Å². The van der Waals surface area contributed by atoms with Crippen molar-refractivity contribution >= 4 is 11.6 Å². The van der Waals surface area contributed by atoms with Gasteiger partial charge in [-0.25, -0.2) is 0 Å². The zero-order valence-electron chi connectivity index (χ0n) is 15.6. The van der Waals surface area contributed by atoms with Crippen molar-refractivity contribution in [1.82, 2.24) is 5.32 Å². The van der Waals surface area contributed by atoms with E-state index in [1.165, 1.54) is 5.56 Å². The quantitative estimate of drug-likeness (QED) is 0.566. The molecular weight excluding hydrogens is 350 g/mol. The molecule has 4 nitrogen and oxygen atoms in total. The minimum atomic E-state index is 0.226. The Bertz CT molecular complexity index is 691. The van der Waals surface area contributed by atoms with Crippen molar-refractivity contribution in [2.24, 2.45) is 0 Å². The molecule has 142 valence electrons. The lowest BCUT2D eigenvalue weighted by atomic mass is 10.1. The molecule has 0 bridgehead atoms. The number of unbranched alkanes of at least 4 members (excludes halogenated alkanes) is 1. The van der Waals surface area contributed by atoms with Crippen LogP contribution in [-0.2, 0) is 13.2 Å².